The lowest BCUT2D eigenvalue weighted by Crippen LogP contribution is -2.21. The van der Waals surface area contributed by atoms with Gasteiger partial charge in [0.05, 0.1) is 5.75 Å². The third kappa shape index (κ3) is 3.38. The normalized spacial score (nSPS) is 22.5. The van der Waals surface area contributed by atoms with Gasteiger partial charge in [-0.2, -0.15) is 0 Å². The van der Waals surface area contributed by atoms with Gasteiger partial charge >= 0.3 is 0 Å². The summed E-state index contributed by atoms with van der Waals surface area (Å²) in [5.41, 5.74) is 0. The Morgan fingerprint density at radius 3 is 2.71 bits per heavy atom. The lowest BCUT2D eigenvalue weighted by molar-refractivity contribution is -0.121. The highest BCUT2D eigenvalue weighted by Crippen LogP contribution is 2.11. The number of rotatable bonds is 5. The molecule has 1 fully saturated rings. The Morgan fingerprint density at radius 2 is 2.21 bits per heavy atom. The van der Waals surface area contributed by atoms with E-state index >= 15 is 0 Å². The van der Waals surface area contributed by atoms with Gasteiger partial charge in [-0.05, 0) is 13.0 Å². The Bertz CT molecular complexity index is 291. The molecule has 0 aromatic heterocycles. The van der Waals surface area contributed by atoms with Crippen LogP contribution in [0, 0.1) is 5.92 Å². The van der Waals surface area contributed by atoms with Gasteiger partial charge in [-0.1, -0.05) is 6.92 Å². The quantitative estimate of drug-likeness (QED) is 0.706. The molecule has 0 bridgehead atoms. The number of hydrogen-bond acceptors (Lipinski definition) is 4. The maximum atomic E-state index is 11.5. The minimum absolute atomic E-state index is 0.0127. The topological polar surface area (TPSA) is 63.2 Å². The molecule has 0 aromatic carbocycles. The molecule has 1 unspecified atom stereocenters. The van der Waals surface area contributed by atoms with Crippen LogP contribution in [0.5, 0.6) is 0 Å². The van der Waals surface area contributed by atoms with Gasteiger partial charge in [0, 0.05) is 24.6 Å². The second-order valence-corrected chi connectivity index (χ2v) is 6.12. The summed E-state index contributed by atoms with van der Waals surface area (Å²) >= 11 is 0. The molecule has 0 amide bonds. The number of sulfone groups is 1. The summed E-state index contributed by atoms with van der Waals surface area (Å²) < 4.78 is 22.3. The first-order chi connectivity index (χ1) is 6.55. The SMILES string of the molecule is CCS(=O)(=O)CCC(=O)C1CCNC1. The van der Waals surface area contributed by atoms with Gasteiger partial charge in [0.25, 0.3) is 0 Å². The van der Waals surface area contributed by atoms with Crippen molar-refractivity contribution in [2.75, 3.05) is 24.6 Å². The van der Waals surface area contributed by atoms with Crippen LogP contribution in [0.25, 0.3) is 0 Å². The number of ketones is 1. The van der Waals surface area contributed by atoms with Crippen molar-refractivity contribution in [3.05, 3.63) is 0 Å². The van der Waals surface area contributed by atoms with Crippen LogP contribution < -0.4 is 5.32 Å². The largest absolute Gasteiger partial charge is 0.316 e. The molecule has 1 heterocycles. The number of nitrogens with one attached hydrogen (secondary N) is 1. The fourth-order valence-corrected chi connectivity index (χ4v) is 2.33. The second kappa shape index (κ2) is 4.89. The van der Waals surface area contributed by atoms with Crippen molar-refractivity contribution < 1.29 is 13.2 Å². The van der Waals surface area contributed by atoms with Gasteiger partial charge in [-0.25, -0.2) is 8.42 Å². The molecule has 0 saturated carbocycles. The molecule has 0 spiro atoms. The molecule has 82 valence electrons. The van der Waals surface area contributed by atoms with E-state index < -0.39 is 9.84 Å². The molecule has 1 aliphatic heterocycles. The van der Waals surface area contributed by atoms with Gasteiger partial charge < -0.3 is 5.32 Å². The van der Waals surface area contributed by atoms with Crippen LogP contribution in [0.1, 0.15) is 19.8 Å². The first-order valence-electron chi connectivity index (χ1n) is 4.99. The molecule has 0 aromatic rings. The van der Waals surface area contributed by atoms with Crippen molar-refractivity contribution in [3.63, 3.8) is 0 Å². The van der Waals surface area contributed by atoms with Gasteiger partial charge in [0.1, 0.15) is 15.6 Å². The lowest BCUT2D eigenvalue weighted by atomic mass is 10.0. The first kappa shape index (κ1) is 11.7. The van der Waals surface area contributed by atoms with Crippen molar-refractivity contribution in [1.29, 1.82) is 0 Å². The highest BCUT2D eigenvalue weighted by Gasteiger charge is 2.23. The summed E-state index contributed by atoms with van der Waals surface area (Å²) in [7, 11) is -2.99. The molecular formula is C9H17NO3S. The van der Waals surface area contributed by atoms with Crippen molar-refractivity contribution >= 4 is 15.6 Å². The number of Topliss-reactive ketones (excluding diaryl/α,β-unsaturated/α-hetero) is 1. The predicted molar refractivity (Wildman–Crippen MR) is 54.9 cm³/mol. The Morgan fingerprint density at radius 1 is 1.50 bits per heavy atom. The van der Waals surface area contributed by atoms with E-state index in [9.17, 15) is 13.2 Å². The van der Waals surface area contributed by atoms with Gasteiger partial charge in [-0.15, -0.1) is 0 Å². The van der Waals surface area contributed by atoms with Crippen LogP contribution in [-0.4, -0.2) is 38.8 Å². The van der Waals surface area contributed by atoms with E-state index in [1.165, 1.54) is 0 Å². The third-order valence-corrected chi connectivity index (χ3v) is 4.32. The summed E-state index contributed by atoms with van der Waals surface area (Å²) in [4.78, 5) is 11.5. The zero-order chi connectivity index (χ0) is 10.6. The van der Waals surface area contributed by atoms with E-state index in [0.717, 1.165) is 13.0 Å². The predicted octanol–water partition coefficient (Wildman–Crippen LogP) is -0.0102. The fourth-order valence-electron chi connectivity index (χ4n) is 1.53. The zero-order valence-electron chi connectivity index (χ0n) is 8.45. The van der Waals surface area contributed by atoms with E-state index in [0.29, 0.717) is 6.54 Å². The number of hydrogen-bond donors (Lipinski definition) is 1. The molecule has 0 radical (unpaired) electrons. The molecule has 5 heteroatoms. The second-order valence-electron chi connectivity index (χ2n) is 3.64. The molecule has 1 N–H and O–H groups in total. The third-order valence-electron chi connectivity index (χ3n) is 2.61. The summed E-state index contributed by atoms with van der Waals surface area (Å²) in [6, 6.07) is 0. The van der Waals surface area contributed by atoms with E-state index in [1.54, 1.807) is 6.92 Å². The molecule has 1 saturated heterocycles. The highest BCUT2D eigenvalue weighted by atomic mass is 32.2. The standard InChI is InChI=1S/C9H17NO3S/c1-2-14(12,13)6-4-9(11)8-3-5-10-7-8/h8,10H,2-7H2,1H3. The monoisotopic (exact) mass is 219 g/mol. The Labute approximate surface area is 85.0 Å². The van der Waals surface area contributed by atoms with E-state index in [1.807, 2.05) is 0 Å². The van der Waals surface area contributed by atoms with Gasteiger partial charge in [-0.3, -0.25) is 4.79 Å². The number of carbonyl (C=O) groups is 1. The summed E-state index contributed by atoms with van der Waals surface area (Å²) in [5.74, 6) is 0.274. The molecular weight excluding hydrogens is 202 g/mol. The van der Waals surface area contributed by atoms with Crippen molar-refractivity contribution in [1.82, 2.24) is 5.32 Å². The van der Waals surface area contributed by atoms with Crippen LogP contribution in [0.4, 0.5) is 0 Å². The van der Waals surface area contributed by atoms with Gasteiger partial charge in [0.2, 0.25) is 0 Å². The molecule has 1 aliphatic rings. The van der Waals surface area contributed by atoms with E-state index in [4.69, 9.17) is 0 Å². The van der Waals surface area contributed by atoms with Crippen molar-refractivity contribution in [2.45, 2.75) is 19.8 Å². The Hall–Kier alpha value is -0.420. The fraction of sp³-hybridized carbons (Fsp3) is 0.889. The van der Waals surface area contributed by atoms with Crippen LogP contribution >= 0.6 is 0 Å². The molecule has 4 nitrogen and oxygen atoms in total. The van der Waals surface area contributed by atoms with Crippen molar-refractivity contribution in [2.24, 2.45) is 5.92 Å². The summed E-state index contributed by atoms with van der Waals surface area (Å²) in [5, 5.41) is 3.09. The minimum atomic E-state index is -2.99. The first-order valence-corrected chi connectivity index (χ1v) is 6.81. The Balaban J connectivity index is 2.34. The average molecular weight is 219 g/mol. The lowest BCUT2D eigenvalue weighted by Gasteiger charge is -2.06. The van der Waals surface area contributed by atoms with E-state index in [2.05, 4.69) is 5.32 Å². The molecule has 0 aliphatic carbocycles. The zero-order valence-corrected chi connectivity index (χ0v) is 9.27. The average Bonchev–Trinajstić information content (AvgIpc) is 2.67. The molecule has 1 atom stereocenters. The number of carbonyl (C=O) groups excluding carboxylic acids is 1. The van der Waals surface area contributed by atoms with E-state index in [-0.39, 0.29) is 29.6 Å². The molecule has 14 heavy (non-hydrogen) atoms. The highest BCUT2D eigenvalue weighted by molar-refractivity contribution is 7.91. The summed E-state index contributed by atoms with van der Waals surface area (Å²) in [6.45, 7) is 3.19. The van der Waals surface area contributed by atoms with Crippen LogP contribution in [0.3, 0.4) is 0 Å². The molecule has 1 rings (SSSR count). The van der Waals surface area contributed by atoms with Crippen LogP contribution in [0.2, 0.25) is 0 Å². The van der Waals surface area contributed by atoms with Crippen LogP contribution in [0.15, 0.2) is 0 Å². The van der Waals surface area contributed by atoms with Crippen LogP contribution in [-0.2, 0) is 14.6 Å². The van der Waals surface area contributed by atoms with Crippen molar-refractivity contribution in [3.8, 4) is 0 Å². The Kier molecular flexibility index (Phi) is 4.07. The summed E-state index contributed by atoms with van der Waals surface area (Å²) in [6.07, 6.45) is 1.04. The van der Waals surface area contributed by atoms with Gasteiger partial charge in [0.15, 0.2) is 0 Å². The maximum absolute atomic E-state index is 11.5. The maximum Gasteiger partial charge on any atom is 0.150 e. The smallest absolute Gasteiger partial charge is 0.150 e. The minimum Gasteiger partial charge on any atom is -0.316 e.